The molecule has 14 heavy (non-hydrogen) atoms. The van der Waals surface area contributed by atoms with Crippen LogP contribution in [0.15, 0.2) is 60.9 Å². The van der Waals surface area contributed by atoms with Crippen molar-refractivity contribution in [3.05, 3.63) is 61.5 Å². The van der Waals surface area contributed by atoms with E-state index in [9.17, 15) is 0 Å². The van der Waals surface area contributed by atoms with Crippen LogP contribution < -0.4 is 0 Å². The molecule has 0 fully saturated rings. The first kappa shape index (κ1) is 10.1. The Morgan fingerprint density at radius 1 is 1.21 bits per heavy atom. The van der Waals surface area contributed by atoms with Gasteiger partial charge in [0.05, 0.1) is 5.70 Å². The molecule has 0 aliphatic carbocycles. The third-order valence-corrected chi connectivity index (χ3v) is 1.57. The van der Waals surface area contributed by atoms with Crippen molar-refractivity contribution < 1.29 is 0 Å². The molecule has 0 aromatic carbocycles. The van der Waals surface area contributed by atoms with Gasteiger partial charge in [-0.25, -0.2) is 0 Å². The van der Waals surface area contributed by atoms with E-state index in [1.54, 1.807) is 30.8 Å². The Kier molecular flexibility index (Phi) is 4.08. The van der Waals surface area contributed by atoms with E-state index < -0.39 is 0 Å². The van der Waals surface area contributed by atoms with Gasteiger partial charge in [-0.2, -0.15) is 0 Å². The molecule has 0 bridgehead atoms. The first-order chi connectivity index (χ1) is 6.88. The van der Waals surface area contributed by atoms with Gasteiger partial charge in [0.25, 0.3) is 0 Å². The molecule has 0 aliphatic heterocycles. The number of aromatic nitrogens is 1. The Balaban J connectivity index is 3.01. The second-order valence-electron chi connectivity index (χ2n) is 2.54. The van der Waals surface area contributed by atoms with Crippen LogP contribution in [0.1, 0.15) is 5.56 Å². The van der Waals surface area contributed by atoms with Crippen molar-refractivity contribution in [2.45, 2.75) is 0 Å². The maximum atomic E-state index is 4.22. The van der Waals surface area contributed by atoms with Crippen molar-refractivity contribution in [1.29, 1.82) is 0 Å². The van der Waals surface area contributed by atoms with Crippen molar-refractivity contribution >= 4 is 11.9 Å². The van der Waals surface area contributed by atoms with Crippen LogP contribution in [0.3, 0.4) is 0 Å². The predicted molar refractivity (Wildman–Crippen MR) is 61.1 cm³/mol. The second-order valence-corrected chi connectivity index (χ2v) is 2.54. The lowest BCUT2D eigenvalue weighted by atomic mass is 10.2. The number of hydrogen-bond acceptors (Lipinski definition) is 2. The van der Waals surface area contributed by atoms with E-state index in [0.717, 1.165) is 11.3 Å². The zero-order valence-corrected chi connectivity index (χ0v) is 7.93. The molecular weight excluding hydrogens is 172 g/mol. The molecule has 0 saturated carbocycles. The average Bonchev–Trinajstić information content (AvgIpc) is 2.25. The van der Waals surface area contributed by atoms with Crippen molar-refractivity contribution in [2.75, 3.05) is 0 Å². The summed E-state index contributed by atoms with van der Waals surface area (Å²) in [4.78, 5) is 8.16. The fourth-order valence-corrected chi connectivity index (χ4v) is 0.981. The van der Waals surface area contributed by atoms with Crippen LogP contribution in [0.4, 0.5) is 0 Å². The van der Waals surface area contributed by atoms with Gasteiger partial charge in [-0.1, -0.05) is 25.3 Å². The third kappa shape index (κ3) is 2.83. The molecule has 0 radical (unpaired) electrons. The van der Waals surface area contributed by atoms with Crippen molar-refractivity contribution in [2.24, 2.45) is 4.99 Å². The maximum absolute atomic E-state index is 4.22. The number of allylic oxidation sites excluding steroid dienone is 3. The van der Waals surface area contributed by atoms with Crippen molar-refractivity contribution in [3.8, 4) is 0 Å². The van der Waals surface area contributed by atoms with E-state index in [-0.39, 0.29) is 0 Å². The summed E-state index contributed by atoms with van der Waals surface area (Å²) >= 11 is 0. The molecule has 0 unspecified atom stereocenters. The van der Waals surface area contributed by atoms with E-state index in [1.165, 1.54) is 0 Å². The zero-order chi connectivity index (χ0) is 10.2. The lowest BCUT2D eigenvalue weighted by Crippen LogP contribution is -1.81. The summed E-state index contributed by atoms with van der Waals surface area (Å²) in [6.07, 6.45) is 10.3. The van der Waals surface area contributed by atoms with Crippen LogP contribution in [0.2, 0.25) is 0 Å². The number of aliphatic imine (C=N–C) groups is 1. The zero-order valence-electron chi connectivity index (χ0n) is 7.93. The van der Waals surface area contributed by atoms with Crippen LogP contribution in [0, 0.1) is 0 Å². The van der Waals surface area contributed by atoms with E-state index in [0.29, 0.717) is 0 Å². The first-order valence-corrected chi connectivity index (χ1v) is 4.26. The van der Waals surface area contributed by atoms with Gasteiger partial charge in [0.2, 0.25) is 0 Å². The summed E-state index contributed by atoms with van der Waals surface area (Å²) in [5, 5.41) is 0. The molecule has 0 amide bonds. The fourth-order valence-electron chi connectivity index (χ4n) is 0.981. The smallest absolute Gasteiger partial charge is 0.0702 e. The molecule has 0 saturated heterocycles. The molecule has 0 spiro atoms. The lowest BCUT2D eigenvalue weighted by Gasteiger charge is -1.98. The van der Waals surface area contributed by atoms with Crippen LogP contribution >= 0.6 is 0 Å². The summed E-state index contributed by atoms with van der Waals surface area (Å²) in [7, 11) is 0. The summed E-state index contributed by atoms with van der Waals surface area (Å²) in [6.45, 7) is 7.21. The second kappa shape index (κ2) is 5.65. The highest BCUT2D eigenvalue weighted by Gasteiger charge is 1.95. The molecule has 1 aromatic rings. The van der Waals surface area contributed by atoms with Gasteiger partial charge in [-0.15, -0.1) is 0 Å². The SMILES string of the molecule is C=C/C=N\C(=C/C=C)c1ccncc1. The van der Waals surface area contributed by atoms with Gasteiger partial charge >= 0.3 is 0 Å². The van der Waals surface area contributed by atoms with Gasteiger partial charge in [0.15, 0.2) is 0 Å². The summed E-state index contributed by atoms with van der Waals surface area (Å²) in [5.41, 5.74) is 1.86. The van der Waals surface area contributed by atoms with Gasteiger partial charge in [0.1, 0.15) is 0 Å². The normalized spacial score (nSPS) is 11.6. The highest BCUT2D eigenvalue weighted by molar-refractivity contribution is 5.79. The van der Waals surface area contributed by atoms with Gasteiger partial charge in [-0.3, -0.25) is 9.98 Å². The van der Waals surface area contributed by atoms with Crippen molar-refractivity contribution in [3.63, 3.8) is 0 Å². The van der Waals surface area contributed by atoms with Crippen LogP contribution in [0.5, 0.6) is 0 Å². The largest absolute Gasteiger partial charge is 0.265 e. The quantitative estimate of drug-likeness (QED) is 0.521. The molecular formula is C12H12N2. The standard InChI is InChI=1S/C12H12N2/c1-3-5-12(14-8-4-2)11-6-9-13-10-7-11/h3-10H,1-2H2/b12-5-,14-8-. The summed E-state index contributed by atoms with van der Waals surface area (Å²) in [6, 6.07) is 3.80. The third-order valence-electron chi connectivity index (χ3n) is 1.57. The minimum atomic E-state index is 0.849. The predicted octanol–water partition coefficient (Wildman–Crippen LogP) is 2.87. The van der Waals surface area contributed by atoms with Gasteiger partial charge < -0.3 is 0 Å². The Bertz CT molecular complexity index is 361. The maximum Gasteiger partial charge on any atom is 0.0702 e. The monoisotopic (exact) mass is 184 g/mol. The molecule has 0 aliphatic rings. The highest BCUT2D eigenvalue weighted by atomic mass is 14.7. The Morgan fingerprint density at radius 2 is 1.93 bits per heavy atom. The Morgan fingerprint density at radius 3 is 2.50 bits per heavy atom. The van der Waals surface area contributed by atoms with Crippen molar-refractivity contribution in [1.82, 2.24) is 4.98 Å². The minimum Gasteiger partial charge on any atom is -0.265 e. The van der Waals surface area contributed by atoms with Crippen LogP contribution in [-0.2, 0) is 0 Å². The molecule has 1 heterocycles. The number of hydrogen-bond donors (Lipinski definition) is 0. The fraction of sp³-hybridized carbons (Fsp3) is 0. The summed E-state index contributed by atoms with van der Waals surface area (Å²) in [5.74, 6) is 0. The molecule has 1 rings (SSSR count). The van der Waals surface area contributed by atoms with E-state index in [2.05, 4.69) is 23.1 Å². The highest BCUT2D eigenvalue weighted by Crippen LogP contribution is 2.13. The van der Waals surface area contributed by atoms with E-state index in [1.807, 2.05) is 18.2 Å². The Labute approximate surface area is 84.0 Å². The first-order valence-electron chi connectivity index (χ1n) is 4.26. The average molecular weight is 184 g/mol. The van der Waals surface area contributed by atoms with Gasteiger partial charge in [-0.05, 0) is 18.2 Å². The van der Waals surface area contributed by atoms with E-state index >= 15 is 0 Å². The van der Waals surface area contributed by atoms with Crippen LogP contribution in [0.25, 0.3) is 5.70 Å². The minimum absolute atomic E-state index is 0.849. The molecule has 70 valence electrons. The summed E-state index contributed by atoms with van der Waals surface area (Å²) < 4.78 is 0. The number of nitrogens with zero attached hydrogens (tertiary/aromatic N) is 2. The number of rotatable bonds is 4. The van der Waals surface area contributed by atoms with Gasteiger partial charge in [0, 0.05) is 24.2 Å². The molecule has 0 N–H and O–H groups in total. The molecule has 2 nitrogen and oxygen atoms in total. The topological polar surface area (TPSA) is 25.2 Å². The van der Waals surface area contributed by atoms with Crippen LogP contribution in [-0.4, -0.2) is 11.2 Å². The lowest BCUT2D eigenvalue weighted by molar-refractivity contribution is 1.31. The molecule has 2 heteroatoms. The van der Waals surface area contributed by atoms with E-state index in [4.69, 9.17) is 0 Å². The molecule has 0 atom stereocenters. The Hall–Kier alpha value is -1.96. The molecule has 1 aromatic heterocycles. The number of pyridine rings is 1.